The minimum atomic E-state index is -1.04. The average Bonchev–Trinajstić information content (AvgIpc) is 2.75. The maximum absolute atomic E-state index is 11.5. The monoisotopic (exact) mass is 267 g/mol. The van der Waals surface area contributed by atoms with Gasteiger partial charge >= 0.3 is 0 Å². The summed E-state index contributed by atoms with van der Waals surface area (Å²) in [6, 6.07) is 7.44. The normalized spacial score (nSPS) is 14.7. The number of hydrogen-bond acceptors (Lipinski definition) is 4. The average molecular weight is 267 g/mol. The number of rotatable bonds is 4. The van der Waals surface area contributed by atoms with E-state index in [1.54, 1.807) is 12.5 Å². The summed E-state index contributed by atoms with van der Waals surface area (Å²) in [5.74, 6) is 0. The molecule has 3 nitrogen and oxygen atoms in total. The summed E-state index contributed by atoms with van der Waals surface area (Å²) in [7, 11) is -1.04. The summed E-state index contributed by atoms with van der Waals surface area (Å²) in [6.07, 6.45) is 5.13. The first-order chi connectivity index (χ1) is 8.13. The van der Waals surface area contributed by atoms with Gasteiger partial charge in [-0.3, -0.25) is 4.21 Å². The van der Waals surface area contributed by atoms with Gasteiger partial charge in [-0.15, -0.1) is 11.8 Å². The van der Waals surface area contributed by atoms with Crippen molar-refractivity contribution in [2.45, 2.75) is 4.58 Å². The fraction of sp³-hybridized carbons (Fsp3) is 0.250. The maximum atomic E-state index is 11.5. The van der Waals surface area contributed by atoms with Crippen LogP contribution in [0.4, 0.5) is 0 Å². The second-order valence-corrected chi connectivity index (χ2v) is 6.36. The van der Waals surface area contributed by atoms with Crippen molar-refractivity contribution in [1.82, 2.24) is 0 Å². The lowest BCUT2D eigenvalue weighted by Crippen LogP contribution is -2.21. The Morgan fingerprint density at radius 1 is 1.47 bits per heavy atom. The molecule has 2 aromatic rings. The first-order valence-electron chi connectivity index (χ1n) is 5.04. The Balaban J connectivity index is 2.38. The summed E-state index contributed by atoms with van der Waals surface area (Å²) < 4.78 is 16.5. The van der Waals surface area contributed by atoms with E-state index in [9.17, 15) is 4.21 Å². The minimum Gasteiger partial charge on any atom is -0.464 e. The van der Waals surface area contributed by atoms with Crippen molar-refractivity contribution in [2.24, 2.45) is 0 Å². The zero-order chi connectivity index (χ0) is 12.4. The molecule has 17 heavy (non-hydrogen) atoms. The van der Waals surface area contributed by atoms with Crippen LogP contribution in [0, 0.1) is 5.41 Å². The van der Waals surface area contributed by atoms with Crippen molar-refractivity contribution in [3.63, 3.8) is 0 Å². The highest BCUT2D eigenvalue weighted by Crippen LogP contribution is 2.21. The fourth-order valence-electron chi connectivity index (χ4n) is 1.69. The largest absolute Gasteiger partial charge is 0.464 e. The fourth-order valence-corrected chi connectivity index (χ4v) is 3.61. The molecule has 0 aliphatic heterocycles. The molecule has 2 rings (SSSR count). The van der Waals surface area contributed by atoms with Crippen LogP contribution in [0.15, 0.2) is 34.9 Å². The van der Waals surface area contributed by atoms with Gasteiger partial charge in [0.25, 0.3) is 0 Å². The molecule has 0 bridgehead atoms. The Kier molecular flexibility index (Phi) is 3.69. The third kappa shape index (κ3) is 2.45. The minimum absolute atomic E-state index is 0.278. The summed E-state index contributed by atoms with van der Waals surface area (Å²) in [5.41, 5.74) is 2.01. The number of thioether (sulfide) groups is 1. The molecule has 0 saturated carbocycles. The highest BCUT2D eigenvalue weighted by atomic mass is 32.2. The molecule has 0 aliphatic carbocycles. The van der Waals surface area contributed by atoms with Crippen molar-refractivity contribution in [2.75, 3.05) is 12.5 Å². The van der Waals surface area contributed by atoms with Crippen LogP contribution in [0.1, 0.15) is 5.56 Å². The van der Waals surface area contributed by atoms with Crippen LogP contribution in [0.25, 0.3) is 11.0 Å². The Hall–Kier alpha value is -1.07. The predicted molar refractivity (Wildman–Crippen MR) is 74.4 cm³/mol. The van der Waals surface area contributed by atoms with Crippen molar-refractivity contribution >= 4 is 39.2 Å². The lowest BCUT2D eigenvalue weighted by atomic mass is 10.1. The summed E-state index contributed by atoms with van der Waals surface area (Å²) in [5, 5.41) is 9.07. The first kappa shape index (κ1) is 12.4. The van der Waals surface area contributed by atoms with Crippen LogP contribution in [0.2, 0.25) is 0 Å². The highest BCUT2D eigenvalue weighted by molar-refractivity contribution is 8.11. The van der Waals surface area contributed by atoms with Gasteiger partial charge in [0.2, 0.25) is 0 Å². The quantitative estimate of drug-likeness (QED) is 0.867. The van der Waals surface area contributed by atoms with Crippen LogP contribution in [-0.4, -0.2) is 27.0 Å². The number of benzene rings is 1. The molecule has 0 amide bonds. The molecular weight excluding hydrogens is 254 g/mol. The molecule has 5 heteroatoms. The summed E-state index contributed by atoms with van der Waals surface area (Å²) >= 11 is 1.44. The van der Waals surface area contributed by atoms with Crippen molar-refractivity contribution in [3.8, 4) is 0 Å². The van der Waals surface area contributed by atoms with E-state index >= 15 is 0 Å². The van der Waals surface area contributed by atoms with Gasteiger partial charge in [-0.1, -0.05) is 0 Å². The van der Waals surface area contributed by atoms with Gasteiger partial charge in [-0.2, -0.15) is 0 Å². The van der Waals surface area contributed by atoms with E-state index in [2.05, 4.69) is 0 Å². The first-order valence-corrected chi connectivity index (χ1v) is 7.95. The molecule has 0 saturated heterocycles. The molecule has 0 aliphatic rings. The lowest BCUT2D eigenvalue weighted by molar-refractivity contribution is 0.616. The number of nitrogens with one attached hydrogen (secondary N) is 1. The summed E-state index contributed by atoms with van der Waals surface area (Å²) in [6.45, 7) is 0. The van der Waals surface area contributed by atoms with Crippen LogP contribution in [0.3, 0.4) is 0 Å². The van der Waals surface area contributed by atoms with E-state index in [0.717, 1.165) is 16.5 Å². The molecule has 2 atom stereocenters. The van der Waals surface area contributed by atoms with E-state index in [1.807, 2.05) is 30.5 Å². The topological polar surface area (TPSA) is 54.1 Å². The van der Waals surface area contributed by atoms with Gasteiger partial charge in [0, 0.05) is 22.4 Å². The Bertz CT molecular complexity index is 577. The van der Waals surface area contributed by atoms with E-state index in [4.69, 9.17) is 9.83 Å². The molecule has 0 fully saturated rings. The number of hydrogen-bond donors (Lipinski definition) is 1. The molecule has 1 N–H and O–H groups in total. The van der Waals surface area contributed by atoms with Crippen LogP contribution < -0.4 is 0 Å². The van der Waals surface area contributed by atoms with E-state index in [-0.39, 0.29) is 4.58 Å². The van der Waals surface area contributed by atoms with Crippen molar-refractivity contribution in [1.29, 1.82) is 5.41 Å². The zero-order valence-corrected chi connectivity index (χ0v) is 11.2. The van der Waals surface area contributed by atoms with Gasteiger partial charge in [0.1, 0.15) is 10.2 Å². The van der Waals surface area contributed by atoms with Gasteiger partial charge < -0.3 is 9.83 Å². The van der Waals surface area contributed by atoms with Crippen molar-refractivity contribution in [3.05, 3.63) is 36.1 Å². The molecule has 90 valence electrons. The van der Waals surface area contributed by atoms with E-state index in [0.29, 0.717) is 5.71 Å². The lowest BCUT2D eigenvalue weighted by Gasteiger charge is -2.13. The summed E-state index contributed by atoms with van der Waals surface area (Å²) in [4.78, 5) is 0. The Morgan fingerprint density at radius 3 is 2.88 bits per heavy atom. The maximum Gasteiger partial charge on any atom is 0.133 e. The molecular formula is C12H13NO2S2. The van der Waals surface area contributed by atoms with E-state index < -0.39 is 10.8 Å². The van der Waals surface area contributed by atoms with Gasteiger partial charge in [0.15, 0.2) is 0 Å². The van der Waals surface area contributed by atoms with Gasteiger partial charge in [-0.25, -0.2) is 0 Å². The van der Waals surface area contributed by atoms with E-state index in [1.165, 1.54) is 11.8 Å². The van der Waals surface area contributed by atoms with Crippen LogP contribution >= 0.6 is 11.8 Å². The van der Waals surface area contributed by atoms with Crippen LogP contribution in [0.5, 0.6) is 0 Å². The highest BCUT2D eigenvalue weighted by Gasteiger charge is 2.19. The predicted octanol–water partition coefficient (Wildman–Crippen LogP) is 2.87. The van der Waals surface area contributed by atoms with Crippen LogP contribution in [-0.2, 0) is 10.8 Å². The van der Waals surface area contributed by atoms with Gasteiger partial charge in [-0.05, 0) is 36.1 Å². The molecule has 0 spiro atoms. The smallest absolute Gasteiger partial charge is 0.133 e. The zero-order valence-electron chi connectivity index (χ0n) is 9.60. The SMILES string of the molecule is CSC(C(=N)c1ccc2occc2c1)S(C)=O. The van der Waals surface area contributed by atoms with Crippen molar-refractivity contribution < 1.29 is 8.63 Å². The Morgan fingerprint density at radius 2 is 2.24 bits per heavy atom. The molecule has 1 aromatic carbocycles. The molecule has 2 unspecified atom stereocenters. The number of furan rings is 1. The Labute approximate surface area is 107 Å². The number of fused-ring (bicyclic) bond motifs is 1. The van der Waals surface area contributed by atoms with Gasteiger partial charge in [0.05, 0.1) is 12.0 Å². The second-order valence-electron chi connectivity index (χ2n) is 3.65. The third-order valence-electron chi connectivity index (χ3n) is 2.51. The molecule has 1 heterocycles. The molecule has 1 aromatic heterocycles. The molecule has 0 radical (unpaired) electrons. The third-order valence-corrected chi connectivity index (χ3v) is 5.41. The second kappa shape index (κ2) is 5.06. The standard InChI is InChI=1S/C12H13NO2S2/c1-16-12(17(2)14)11(13)9-3-4-10-8(7-9)5-6-15-10/h3-7,12-13H,1-2H3.